The van der Waals surface area contributed by atoms with Gasteiger partial charge < -0.3 is 9.15 Å². The Kier molecular flexibility index (Phi) is 5.84. The van der Waals surface area contributed by atoms with E-state index >= 15 is 0 Å². The second-order valence-electron chi connectivity index (χ2n) is 5.44. The van der Waals surface area contributed by atoms with Gasteiger partial charge in [-0.25, -0.2) is 0 Å². The van der Waals surface area contributed by atoms with Crippen molar-refractivity contribution in [3.63, 3.8) is 0 Å². The van der Waals surface area contributed by atoms with Crippen molar-refractivity contribution in [2.24, 2.45) is 0 Å². The van der Waals surface area contributed by atoms with E-state index < -0.39 is 0 Å². The summed E-state index contributed by atoms with van der Waals surface area (Å²) in [6.07, 6.45) is 1.86. The molecule has 0 unspecified atom stereocenters. The first kappa shape index (κ1) is 17.6. The van der Waals surface area contributed by atoms with Crippen molar-refractivity contribution in [2.45, 2.75) is 16.6 Å². The number of thioether (sulfide) groups is 1. The fourth-order valence-corrected chi connectivity index (χ4v) is 3.71. The van der Waals surface area contributed by atoms with Crippen LogP contribution in [0.25, 0.3) is 0 Å². The van der Waals surface area contributed by atoms with E-state index in [1.54, 1.807) is 31.0 Å². The number of ether oxygens (including phenoxy) is 1. The normalized spacial score (nSPS) is 11.9. The van der Waals surface area contributed by atoms with Gasteiger partial charge in [0.2, 0.25) is 0 Å². The van der Waals surface area contributed by atoms with E-state index in [4.69, 9.17) is 20.8 Å². The highest BCUT2D eigenvalue weighted by Crippen LogP contribution is 2.39. The fraction of sp³-hybridized carbons (Fsp3) is 0.150. The van der Waals surface area contributed by atoms with Crippen LogP contribution >= 0.6 is 23.4 Å². The first-order chi connectivity index (χ1) is 12.2. The summed E-state index contributed by atoms with van der Waals surface area (Å²) in [5.74, 6) is 1.15. The highest BCUT2D eigenvalue weighted by atomic mass is 35.5. The average Bonchev–Trinajstić information content (AvgIpc) is 3.18. The van der Waals surface area contributed by atoms with Crippen LogP contribution in [0.3, 0.4) is 0 Å². The van der Waals surface area contributed by atoms with Gasteiger partial charge in [0.15, 0.2) is 11.5 Å². The molecule has 25 heavy (non-hydrogen) atoms. The number of halogens is 1. The number of hydrogen-bond acceptors (Lipinski definition) is 4. The van der Waals surface area contributed by atoms with Crippen LogP contribution in [0.5, 0.6) is 5.75 Å². The maximum Gasteiger partial charge on any atom is 0.199 e. The molecule has 0 radical (unpaired) electrons. The van der Waals surface area contributed by atoms with Crippen molar-refractivity contribution in [3.8, 4) is 5.75 Å². The molecule has 1 atom stereocenters. The number of ketones is 1. The third kappa shape index (κ3) is 4.68. The summed E-state index contributed by atoms with van der Waals surface area (Å²) in [6, 6.07) is 18.8. The Morgan fingerprint density at radius 3 is 2.44 bits per heavy atom. The summed E-state index contributed by atoms with van der Waals surface area (Å²) >= 11 is 7.59. The number of carbonyl (C=O) groups excluding carboxylic acids is 1. The number of carbonyl (C=O) groups is 1. The fourth-order valence-electron chi connectivity index (χ4n) is 2.43. The molecule has 0 fully saturated rings. The molecule has 3 nitrogen and oxygen atoms in total. The van der Waals surface area contributed by atoms with Crippen LogP contribution in [-0.2, 0) is 0 Å². The second-order valence-corrected chi connectivity index (χ2v) is 7.15. The molecule has 2 aromatic carbocycles. The summed E-state index contributed by atoms with van der Waals surface area (Å²) in [4.78, 5) is 13.6. The van der Waals surface area contributed by atoms with E-state index in [1.807, 2.05) is 48.5 Å². The number of benzene rings is 2. The third-order valence-corrected chi connectivity index (χ3v) is 5.27. The second kappa shape index (κ2) is 8.28. The monoisotopic (exact) mass is 372 g/mol. The number of Topliss-reactive ketones (excluding diaryl/α,β-unsaturated/α-hetero) is 1. The van der Waals surface area contributed by atoms with Crippen LogP contribution in [0.2, 0.25) is 5.02 Å². The van der Waals surface area contributed by atoms with Gasteiger partial charge in [0.05, 0.1) is 13.4 Å². The Morgan fingerprint density at radius 2 is 1.84 bits per heavy atom. The molecule has 3 aromatic rings. The zero-order valence-corrected chi connectivity index (χ0v) is 15.2. The van der Waals surface area contributed by atoms with Crippen LogP contribution in [0.15, 0.2) is 76.2 Å². The van der Waals surface area contributed by atoms with Crippen LogP contribution in [0, 0.1) is 0 Å². The SMILES string of the molecule is COc1ccc([C@@H](CC(=O)c2ccco2)Sc2ccc(Cl)cc2)cc1. The molecular formula is C20H17ClO3S. The van der Waals surface area contributed by atoms with Crippen molar-refractivity contribution in [3.05, 3.63) is 83.3 Å². The number of hydrogen-bond donors (Lipinski definition) is 0. The molecule has 0 bridgehead atoms. The first-order valence-electron chi connectivity index (χ1n) is 7.78. The molecule has 3 rings (SSSR count). The van der Waals surface area contributed by atoms with Crippen LogP contribution in [0.1, 0.15) is 27.8 Å². The summed E-state index contributed by atoms with van der Waals surface area (Å²) < 4.78 is 10.5. The van der Waals surface area contributed by atoms with Gasteiger partial charge in [0.1, 0.15) is 5.75 Å². The molecule has 128 valence electrons. The highest BCUT2D eigenvalue weighted by Gasteiger charge is 2.20. The Balaban J connectivity index is 1.83. The Morgan fingerprint density at radius 1 is 1.12 bits per heavy atom. The quantitative estimate of drug-likeness (QED) is 0.374. The predicted octanol–water partition coefficient (Wildman–Crippen LogP) is 6.05. The third-order valence-electron chi connectivity index (χ3n) is 3.75. The van der Waals surface area contributed by atoms with Gasteiger partial charge in [-0.2, -0.15) is 0 Å². The van der Waals surface area contributed by atoms with E-state index in [2.05, 4.69) is 0 Å². The molecule has 1 heterocycles. The minimum atomic E-state index is -0.0373. The molecule has 1 aromatic heterocycles. The largest absolute Gasteiger partial charge is 0.497 e. The van der Waals surface area contributed by atoms with Gasteiger partial charge in [-0.3, -0.25) is 4.79 Å². The van der Waals surface area contributed by atoms with Crippen LogP contribution in [0.4, 0.5) is 0 Å². The lowest BCUT2D eigenvalue weighted by atomic mass is 10.1. The minimum Gasteiger partial charge on any atom is -0.497 e. The van der Waals surface area contributed by atoms with Crippen molar-refractivity contribution in [2.75, 3.05) is 7.11 Å². The van der Waals surface area contributed by atoms with Gasteiger partial charge in [0, 0.05) is 21.6 Å². The molecule has 5 heteroatoms. The number of rotatable bonds is 7. The van der Waals surface area contributed by atoms with Crippen molar-refractivity contribution >= 4 is 29.1 Å². The van der Waals surface area contributed by atoms with Gasteiger partial charge in [-0.05, 0) is 54.1 Å². The standard InChI is InChI=1S/C20H17ClO3S/c1-23-16-8-4-14(5-9-16)20(13-18(22)19-3-2-12-24-19)25-17-10-6-15(21)7-11-17/h2-12,20H,13H2,1H3/t20-/m1/s1. The first-order valence-corrected chi connectivity index (χ1v) is 9.04. The van der Waals surface area contributed by atoms with E-state index in [-0.39, 0.29) is 11.0 Å². The van der Waals surface area contributed by atoms with Gasteiger partial charge in [-0.1, -0.05) is 23.7 Å². The molecule has 0 N–H and O–H groups in total. The highest BCUT2D eigenvalue weighted by molar-refractivity contribution is 7.99. The lowest BCUT2D eigenvalue weighted by Gasteiger charge is -2.16. The number of methoxy groups -OCH3 is 1. The van der Waals surface area contributed by atoms with Gasteiger partial charge in [0.25, 0.3) is 0 Å². The molecule has 0 amide bonds. The molecular weight excluding hydrogens is 356 g/mol. The molecule has 0 saturated carbocycles. The Bertz CT molecular complexity index is 811. The zero-order valence-electron chi connectivity index (χ0n) is 13.6. The van der Waals surface area contributed by atoms with Crippen molar-refractivity contribution in [1.82, 2.24) is 0 Å². The summed E-state index contributed by atoms with van der Waals surface area (Å²) in [5.41, 5.74) is 1.06. The van der Waals surface area contributed by atoms with Crippen LogP contribution < -0.4 is 4.74 Å². The topological polar surface area (TPSA) is 39.4 Å². The van der Waals surface area contributed by atoms with Crippen molar-refractivity contribution in [1.29, 1.82) is 0 Å². The smallest absolute Gasteiger partial charge is 0.199 e. The minimum absolute atomic E-state index is 0.0210. The summed E-state index contributed by atoms with van der Waals surface area (Å²) in [6.45, 7) is 0. The van der Waals surface area contributed by atoms with E-state index in [1.165, 1.54) is 6.26 Å². The summed E-state index contributed by atoms with van der Waals surface area (Å²) in [5, 5.41) is 0.654. The van der Waals surface area contributed by atoms with E-state index in [0.29, 0.717) is 17.2 Å². The summed E-state index contributed by atoms with van der Waals surface area (Å²) in [7, 11) is 1.63. The Labute approximate surface area is 156 Å². The van der Waals surface area contributed by atoms with Gasteiger partial charge >= 0.3 is 0 Å². The van der Waals surface area contributed by atoms with Gasteiger partial charge in [-0.15, -0.1) is 11.8 Å². The lowest BCUT2D eigenvalue weighted by Crippen LogP contribution is -2.04. The van der Waals surface area contributed by atoms with Crippen LogP contribution in [-0.4, -0.2) is 12.9 Å². The van der Waals surface area contributed by atoms with E-state index in [9.17, 15) is 4.79 Å². The predicted molar refractivity (Wildman–Crippen MR) is 101 cm³/mol. The molecule has 0 aliphatic carbocycles. The molecule has 0 aliphatic heterocycles. The molecule has 0 saturated heterocycles. The maximum atomic E-state index is 12.5. The molecule has 0 aliphatic rings. The van der Waals surface area contributed by atoms with Crippen molar-refractivity contribution < 1.29 is 13.9 Å². The zero-order chi connectivity index (χ0) is 17.6. The molecule has 0 spiro atoms. The lowest BCUT2D eigenvalue weighted by molar-refractivity contribution is 0.0955. The Hall–Kier alpha value is -2.17. The average molecular weight is 373 g/mol. The van der Waals surface area contributed by atoms with E-state index in [0.717, 1.165) is 16.2 Å². The number of furan rings is 1. The maximum absolute atomic E-state index is 12.5.